The summed E-state index contributed by atoms with van der Waals surface area (Å²) in [5.74, 6) is 0.757. The average Bonchev–Trinajstić information content (AvgIpc) is 2.99. The van der Waals surface area contributed by atoms with E-state index in [0.29, 0.717) is 6.04 Å². The lowest BCUT2D eigenvalue weighted by molar-refractivity contribution is 0.637. The molecule has 2 nitrogen and oxygen atoms in total. The molecule has 2 N–H and O–H groups in total. The summed E-state index contributed by atoms with van der Waals surface area (Å²) in [5, 5.41) is 6.69. The maximum absolute atomic E-state index is 3.54. The Bertz CT molecular complexity index is 271. The van der Waals surface area contributed by atoms with Crippen LogP contribution < -0.4 is 10.6 Å². The topological polar surface area (TPSA) is 24.1 Å². The Kier molecular flexibility index (Phi) is 3.17. The molecule has 0 saturated heterocycles. The van der Waals surface area contributed by atoms with E-state index < -0.39 is 0 Å². The van der Waals surface area contributed by atoms with Crippen molar-refractivity contribution in [3.63, 3.8) is 0 Å². The first-order valence-electron chi connectivity index (χ1n) is 5.34. The second-order valence-electron chi connectivity index (χ2n) is 3.92. The molecule has 2 heteroatoms. The Morgan fingerprint density at radius 3 is 2.71 bits per heavy atom. The van der Waals surface area contributed by atoms with Crippen LogP contribution in [0.15, 0.2) is 30.3 Å². The second-order valence-corrected chi connectivity index (χ2v) is 3.92. The molecule has 0 spiro atoms. The molecule has 1 saturated carbocycles. The van der Waals surface area contributed by atoms with Crippen LogP contribution in [0.2, 0.25) is 0 Å². The molecule has 0 bridgehead atoms. The smallest absolute Gasteiger partial charge is 0.0143 e. The van der Waals surface area contributed by atoms with Crippen LogP contribution in [0, 0.1) is 0 Å². The molecule has 0 radical (unpaired) electrons. The van der Waals surface area contributed by atoms with Crippen LogP contribution >= 0.6 is 0 Å². The van der Waals surface area contributed by atoms with Crippen molar-refractivity contribution in [1.29, 1.82) is 0 Å². The maximum Gasteiger partial charge on any atom is 0.0143 e. The van der Waals surface area contributed by atoms with Crippen LogP contribution in [-0.4, -0.2) is 26.2 Å². The molecule has 1 aliphatic carbocycles. The van der Waals surface area contributed by atoms with Crippen molar-refractivity contribution in [3.8, 4) is 0 Å². The standard InChI is InChI=1S/C12H18N2/c1-13-7-8-14-12-9-11(12)10-5-3-2-4-6-10/h2-6,11-14H,7-9H2,1H3. The lowest BCUT2D eigenvalue weighted by Gasteiger charge is -2.03. The number of rotatable bonds is 5. The van der Waals surface area contributed by atoms with Gasteiger partial charge in [0.1, 0.15) is 0 Å². The lowest BCUT2D eigenvalue weighted by atomic mass is 10.1. The average molecular weight is 190 g/mol. The molecule has 2 rings (SSSR count). The fraction of sp³-hybridized carbons (Fsp3) is 0.500. The van der Waals surface area contributed by atoms with E-state index >= 15 is 0 Å². The molecule has 0 aromatic heterocycles. The molecular weight excluding hydrogens is 172 g/mol. The zero-order valence-corrected chi connectivity index (χ0v) is 8.66. The number of hydrogen-bond acceptors (Lipinski definition) is 2. The molecule has 2 unspecified atom stereocenters. The third-order valence-corrected chi connectivity index (χ3v) is 2.80. The van der Waals surface area contributed by atoms with Gasteiger partial charge >= 0.3 is 0 Å². The summed E-state index contributed by atoms with van der Waals surface area (Å²) >= 11 is 0. The van der Waals surface area contributed by atoms with Crippen LogP contribution in [0.1, 0.15) is 17.9 Å². The van der Waals surface area contributed by atoms with E-state index in [1.807, 2.05) is 7.05 Å². The van der Waals surface area contributed by atoms with Gasteiger partial charge in [0, 0.05) is 25.0 Å². The van der Waals surface area contributed by atoms with E-state index in [1.54, 1.807) is 0 Å². The summed E-state index contributed by atoms with van der Waals surface area (Å²) in [6.07, 6.45) is 1.30. The largest absolute Gasteiger partial charge is 0.318 e. The Hall–Kier alpha value is -0.860. The monoisotopic (exact) mass is 190 g/mol. The molecule has 1 fully saturated rings. The van der Waals surface area contributed by atoms with Crippen molar-refractivity contribution in [2.45, 2.75) is 18.4 Å². The van der Waals surface area contributed by atoms with Gasteiger partial charge in [-0.15, -0.1) is 0 Å². The van der Waals surface area contributed by atoms with Gasteiger partial charge in [-0.1, -0.05) is 30.3 Å². The van der Waals surface area contributed by atoms with Gasteiger partial charge in [-0.2, -0.15) is 0 Å². The highest BCUT2D eigenvalue weighted by atomic mass is 15.0. The Morgan fingerprint density at radius 1 is 1.21 bits per heavy atom. The highest BCUT2D eigenvalue weighted by Gasteiger charge is 2.37. The van der Waals surface area contributed by atoms with Gasteiger partial charge in [0.15, 0.2) is 0 Å². The van der Waals surface area contributed by atoms with Gasteiger partial charge in [-0.05, 0) is 19.0 Å². The number of benzene rings is 1. The van der Waals surface area contributed by atoms with Crippen LogP contribution in [0.5, 0.6) is 0 Å². The van der Waals surface area contributed by atoms with Gasteiger partial charge in [-0.3, -0.25) is 0 Å². The van der Waals surface area contributed by atoms with Crippen molar-refractivity contribution in [3.05, 3.63) is 35.9 Å². The van der Waals surface area contributed by atoms with Crippen LogP contribution in [0.4, 0.5) is 0 Å². The second kappa shape index (κ2) is 4.58. The van der Waals surface area contributed by atoms with Crippen LogP contribution in [-0.2, 0) is 0 Å². The molecule has 14 heavy (non-hydrogen) atoms. The normalized spacial score (nSPS) is 24.9. The summed E-state index contributed by atoms with van der Waals surface area (Å²) in [5.41, 5.74) is 1.48. The highest BCUT2D eigenvalue weighted by Crippen LogP contribution is 2.40. The first kappa shape index (κ1) is 9.69. The van der Waals surface area contributed by atoms with Gasteiger partial charge < -0.3 is 10.6 Å². The Balaban J connectivity index is 1.76. The summed E-state index contributed by atoms with van der Waals surface area (Å²) in [6.45, 7) is 2.13. The maximum atomic E-state index is 3.54. The lowest BCUT2D eigenvalue weighted by Crippen LogP contribution is -2.27. The molecule has 0 heterocycles. The zero-order chi connectivity index (χ0) is 9.80. The molecule has 1 aromatic rings. The minimum Gasteiger partial charge on any atom is -0.318 e. The third-order valence-electron chi connectivity index (χ3n) is 2.80. The van der Waals surface area contributed by atoms with Gasteiger partial charge in [0.05, 0.1) is 0 Å². The molecule has 0 amide bonds. The van der Waals surface area contributed by atoms with Crippen molar-refractivity contribution >= 4 is 0 Å². The number of nitrogens with one attached hydrogen (secondary N) is 2. The van der Waals surface area contributed by atoms with Gasteiger partial charge in [0.2, 0.25) is 0 Å². The van der Waals surface area contributed by atoms with E-state index in [2.05, 4.69) is 41.0 Å². The molecule has 1 aromatic carbocycles. The molecule has 0 aliphatic heterocycles. The van der Waals surface area contributed by atoms with E-state index in [-0.39, 0.29) is 0 Å². The van der Waals surface area contributed by atoms with Crippen LogP contribution in [0.25, 0.3) is 0 Å². The van der Waals surface area contributed by atoms with E-state index in [4.69, 9.17) is 0 Å². The fourth-order valence-electron chi connectivity index (χ4n) is 1.87. The first-order valence-corrected chi connectivity index (χ1v) is 5.34. The quantitative estimate of drug-likeness (QED) is 0.685. The van der Waals surface area contributed by atoms with Crippen molar-refractivity contribution < 1.29 is 0 Å². The van der Waals surface area contributed by atoms with Crippen molar-refractivity contribution in [1.82, 2.24) is 10.6 Å². The van der Waals surface area contributed by atoms with Gasteiger partial charge in [0.25, 0.3) is 0 Å². The van der Waals surface area contributed by atoms with E-state index in [1.165, 1.54) is 12.0 Å². The molecule has 76 valence electrons. The number of likely N-dealkylation sites (N-methyl/N-ethyl adjacent to an activating group) is 1. The van der Waals surface area contributed by atoms with E-state index in [9.17, 15) is 0 Å². The number of hydrogen-bond donors (Lipinski definition) is 2. The summed E-state index contributed by atoms with van der Waals surface area (Å²) in [7, 11) is 1.99. The molecular formula is C12H18N2. The van der Waals surface area contributed by atoms with Gasteiger partial charge in [-0.25, -0.2) is 0 Å². The minimum atomic E-state index is 0.714. The minimum absolute atomic E-state index is 0.714. The Labute approximate surface area is 85.7 Å². The summed E-state index contributed by atoms with van der Waals surface area (Å²) in [6, 6.07) is 11.5. The summed E-state index contributed by atoms with van der Waals surface area (Å²) < 4.78 is 0. The predicted molar refractivity (Wildman–Crippen MR) is 59.5 cm³/mol. The Morgan fingerprint density at radius 2 is 2.00 bits per heavy atom. The van der Waals surface area contributed by atoms with Crippen molar-refractivity contribution in [2.24, 2.45) is 0 Å². The predicted octanol–water partition coefficient (Wildman–Crippen LogP) is 1.35. The molecule has 2 atom stereocenters. The third kappa shape index (κ3) is 2.34. The SMILES string of the molecule is CNCCNC1CC1c1ccccc1. The summed E-state index contributed by atoms with van der Waals surface area (Å²) in [4.78, 5) is 0. The van der Waals surface area contributed by atoms with Crippen LogP contribution in [0.3, 0.4) is 0 Å². The van der Waals surface area contributed by atoms with E-state index in [0.717, 1.165) is 19.0 Å². The highest BCUT2D eigenvalue weighted by molar-refractivity contribution is 5.27. The van der Waals surface area contributed by atoms with Crippen molar-refractivity contribution in [2.75, 3.05) is 20.1 Å². The first-order chi connectivity index (χ1) is 6.92. The zero-order valence-electron chi connectivity index (χ0n) is 8.66. The molecule has 1 aliphatic rings. The fourth-order valence-corrected chi connectivity index (χ4v) is 1.87.